The molecule has 7 heteroatoms. The van der Waals surface area contributed by atoms with Crippen molar-refractivity contribution >= 4 is 27.4 Å². The minimum atomic E-state index is -0.383. The number of halogens is 1. The fourth-order valence-corrected chi connectivity index (χ4v) is 2.71. The van der Waals surface area contributed by atoms with E-state index in [1.807, 2.05) is 11.9 Å². The molecule has 1 N–H and O–H groups in total. The van der Waals surface area contributed by atoms with Crippen LogP contribution in [0.4, 0.5) is 11.5 Å². The molecule has 0 atom stereocenters. The normalized spacial score (nSPS) is 16.3. The molecule has 0 radical (unpaired) electrons. The van der Waals surface area contributed by atoms with Crippen LogP contribution in [0.5, 0.6) is 0 Å². The Bertz CT molecular complexity index is 463. The number of pyridine rings is 1. The van der Waals surface area contributed by atoms with Crippen molar-refractivity contribution in [2.24, 2.45) is 5.92 Å². The van der Waals surface area contributed by atoms with Crippen LogP contribution in [-0.4, -0.2) is 36.6 Å². The molecule has 1 aromatic rings. The Balaban J connectivity index is 2.13. The highest BCUT2D eigenvalue weighted by molar-refractivity contribution is 9.10. The third-order valence-corrected chi connectivity index (χ3v) is 3.80. The lowest BCUT2D eigenvalue weighted by Crippen LogP contribution is -2.35. The first-order valence-corrected chi connectivity index (χ1v) is 7.09. The highest BCUT2D eigenvalue weighted by atomic mass is 79.9. The summed E-state index contributed by atoms with van der Waals surface area (Å²) in [5.74, 6) is 1.00. The summed E-state index contributed by atoms with van der Waals surface area (Å²) in [6.07, 6.45) is 3.81. The summed E-state index contributed by atoms with van der Waals surface area (Å²) in [5.41, 5.74) is 0.0470. The topological polar surface area (TPSA) is 71.3 Å². The molecule has 1 aromatic heterocycles. The molecule has 0 aromatic carbocycles. The second kappa shape index (κ2) is 6.29. The van der Waals surface area contributed by atoms with Gasteiger partial charge in [-0.2, -0.15) is 0 Å². The highest BCUT2D eigenvalue weighted by Gasteiger charge is 2.22. The van der Waals surface area contributed by atoms with Gasteiger partial charge in [-0.3, -0.25) is 10.1 Å². The third-order valence-electron chi connectivity index (χ3n) is 3.36. The van der Waals surface area contributed by atoms with E-state index in [2.05, 4.69) is 26.2 Å². The summed E-state index contributed by atoms with van der Waals surface area (Å²) in [4.78, 5) is 16.8. The number of hydrogen-bond donors (Lipinski definition) is 1. The maximum atomic E-state index is 11.1. The molecule has 1 fully saturated rings. The van der Waals surface area contributed by atoms with Gasteiger partial charge in [-0.25, -0.2) is 4.98 Å². The van der Waals surface area contributed by atoms with E-state index in [0.29, 0.717) is 16.2 Å². The van der Waals surface area contributed by atoms with Crippen molar-refractivity contribution in [1.29, 1.82) is 0 Å². The van der Waals surface area contributed by atoms with Gasteiger partial charge in [0.05, 0.1) is 4.92 Å². The zero-order valence-corrected chi connectivity index (χ0v) is 12.4. The Morgan fingerprint density at radius 1 is 1.58 bits per heavy atom. The first-order valence-electron chi connectivity index (χ1n) is 6.29. The molecule has 0 spiro atoms. The Kier molecular flexibility index (Phi) is 4.71. The Morgan fingerprint density at radius 3 is 2.89 bits per heavy atom. The standard InChI is InChI=1S/C12H17BrN4O2/c1-16(8-9-2-4-14-5-3-9)12-11(17(18)19)6-10(13)7-15-12/h6-7,9,14H,2-5,8H2,1H3. The minimum absolute atomic E-state index is 0.0470. The Morgan fingerprint density at radius 2 is 2.26 bits per heavy atom. The van der Waals surface area contributed by atoms with E-state index >= 15 is 0 Å². The van der Waals surface area contributed by atoms with Crippen molar-refractivity contribution in [3.8, 4) is 0 Å². The second-order valence-electron chi connectivity index (χ2n) is 4.83. The largest absolute Gasteiger partial charge is 0.354 e. The molecule has 1 saturated heterocycles. The lowest BCUT2D eigenvalue weighted by molar-refractivity contribution is -0.384. The molecule has 2 rings (SSSR count). The number of rotatable bonds is 4. The Labute approximate surface area is 120 Å². The van der Waals surface area contributed by atoms with Gasteiger partial charge in [-0.15, -0.1) is 0 Å². The van der Waals surface area contributed by atoms with Crippen molar-refractivity contribution in [3.63, 3.8) is 0 Å². The molecule has 0 aliphatic carbocycles. The van der Waals surface area contributed by atoms with E-state index in [-0.39, 0.29) is 10.6 Å². The molecule has 6 nitrogen and oxygen atoms in total. The van der Waals surface area contributed by atoms with Crippen molar-refractivity contribution in [3.05, 3.63) is 26.9 Å². The van der Waals surface area contributed by atoms with Crippen LogP contribution in [0.3, 0.4) is 0 Å². The third kappa shape index (κ3) is 3.63. The maximum Gasteiger partial charge on any atom is 0.312 e. The van der Waals surface area contributed by atoms with Crippen molar-refractivity contribution < 1.29 is 4.92 Å². The summed E-state index contributed by atoms with van der Waals surface area (Å²) >= 11 is 3.22. The molecule has 1 aliphatic rings. The summed E-state index contributed by atoms with van der Waals surface area (Å²) in [5, 5.41) is 14.4. The average molecular weight is 329 g/mol. The van der Waals surface area contributed by atoms with Crippen LogP contribution in [0.15, 0.2) is 16.7 Å². The van der Waals surface area contributed by atoms with Gasteiger partial charge in [0.15, 0.2) is 0 Å². The molecular formula is C12H17BrN4O2. The van der Waals surface area contributed by atoms with E-state index in [9.17, 15) is 10.1 Å². The summed E-state index contributed by atoms with van der Waals surface area (Å²) in [6, 6.07) is 1.50. The van der Waals surface area contributed by atoms with Crippen LogP contribution in [0, 0.1) is 16.0 Å². The molecule has 0 saturated carbocycles. The van der Waals surface area contributed by atoms with E-state index < -0.39 is 0 Å². The van der Waals surface area contributed by atoms with Gasteiger partial charge < -0.3 is 10.2 Å². The number of aromatic nitrogens is 1. The van der Waals surface area contributed by atoms with Crippen LogP contribution in [0.25, 0.3) is 0 Å². The van der Waals surface area contributed by atoms with Crippen LogP contribution in [0.1, 0.15) is 12.8 Å². The van der Waals surface area contributed by atoms with Gasteiger partial charge >= 0.3 is 5.69 Å². The quantitative estimate of drug-likeness (QED) is 0.677. The summed E-state index contributed by atoms with van der Waals surface area (Å²) < 4.78 is 0.623. The molecular weight excluding hydrogens is 312 g/mol. The predicted octanol–water partition coefficient (Wildman–Crippen LogP) is 2.19. The number of nitrogens with zero attached hydrogens (tertiary/aromatic N) is 3. The second-order valence-corrected chi connectivity index (χ2v) is 5.74. The molecule has 1 aliphatic heterocycles. The van der Waals surface area contributed by atoms with Gasteiger partial charge in [-0.1, -0.05) is 0 Å². The zero-order chi connectivity index (χ0) is 13.8. The van der Waals surface area contributed by atoms with Gasteiger partial charge in [0.1, 0.15) is 0 Å². The number of nitro groups is 1. The summed E-state index contributed by atoms with van der Waals surface area (Å²) in [7, 11) is 1.87. The number of piperidine rings is 1. The first-order chi connectivity index (χ1) is 9.08. The number of nitrogens with one attached hydrogen (secondary N) is 1. The predicted molar refractivity (Wildman–Crippen MR) is 77.5 cm³/mol. The van der Waals surface area contributed by atoms with E-state index in [0.717, 1.165) is 32.5 Å². The lowest BCUT2D eigenvalue weighted by atomic mass is 9.98. The van der Waals surface area contributed by atoms with Crippen LogP contribution in [0.2, 0.25) is 0 Å². The zero-order valence-electron chi connectivity index (χ0n) is 10.8. The molecule has 0 bridgehead atoms. The fraction of sp³-hybridized carbons (Fsp3) is 0.583. The van der Waals surface area contributed by atoms with E-state index in [1.54, 1.807) is 6.20 Å². The number of hydrogen-bond acceptors (Lipinski definition) is 5. The molecule has 19 heavy (non-hydrogen) atoms. The monoisotopic (exact) mass is 328 g/mol. The lowest BCUT2D eigenvalue weighted by Gasteiger charge is -2.27. The van der Waals surface area contributed by atoms with Crippen LogP contribution < -0.4 is 10.2 Å². The molecule has 0 amide bonds. The van der Waals surface area contributed by atoms with Gasteiger partial charge in [0.25, 0.3) is 0 Å². The van der Waals surface area contributed by atoms with Gasteiger partial charge in [0.2, 0.25) is 5.82 Å². The SMILES string of the molecule is CN(CC1CCNCC1)c1ncc(Br)cc1[N+](=O)[O-]. The Hall–Kier alpha value is -1.21. The van der Waals surface area contributed by atoms with Crippen molar-refractivity contribution in [1.82, 2.24) is 10.3 Å². The summed E-state index contributed by atoms with van der Waals surface area (Å²) in [6.45, 7) is 2.85. The fourth-order valence-electron chi connectivity index (χ4n) is 2.39. The van der Waals surface area contributed by atoms with E-state index in [1.165, 1.54) is 6.07 Å². The van der Waals surface area contributed by atoms with E-state index in [4.69, 9.17) is 0 Å². The average Bonchev–Trinajstić information content (AvgIpc) is 2.39. The number of anilines is 1. The van der Waals surface area contributed by atoms with Crippen LogP contribution >= 0.6 is 15.9 Å². The van der Waals surface area contributed by atoms with Gasteiger partial charge in [-0.05, 0) is 47.8 Å². The minimum Gasteiger partial charge on any atom is -0.354 e. The van der Waals surface area contributed by atoms with Crippen molar-refractivity contribution in [2.75, 3.05) is 31.6 Å². The first kappa shape index (κ1) is 14.2. The maximum absolute atomic E-state index is 11.1. The molecule has 0 unspecified atom stereocenters. The van der Waals surface area contributed by atoms with Crippen molar-refractivity contribution in [2.45, 2.75) is 12.8 Å². The van der Waals surface area contributed by atoms with Crippen LogP contribution in [-0.2, 0) is 0 Å². The highest BCUT2D eigenvalue weighted by Crippen LogP contribution is 2.28. The molecule has 2 heterocycles. The smallest absolute Gasteiger partial charge is 0.312 e. The van der Waals surface area contributed by atoms with Gasteiger partial charge in [0, 0.05) is 30.3 Å². The molecule has 104 valence electrons.